The summed E-state index contributed by atoms with van der Waals surface area (Å²) in [5.41, 5.74) is 0. The first-order valence-corrected chi connectivity index (χ1v) is 6.51. The van der Waals surface area contributed by atoms with E-state index in [1.54, 1.807) is 0 Å². The van der Waals surface area contributed by atoms with Crippen molar-refractivity contribution >= 4 is 10.4 Å². The fraction of sp³-hybridized carbons (Fsp3) is 1.00. The van der Waals surface area contributed by atoms with Crippen LogP contribution in [0.4, 0.5) is 0 Å². The molecule has 6 nitrogen and oxygen atoms in total. The smallest absolute Gasteiger partial charge is 0.317 e. The summed E-state index contributed by atoms with van der Waals surface area (Å²) in [6, 6.07) is 0. The lowest BCUT2D eigenvalue weighted by molar-refractivity contribution is 0.381. The lowest BCUT2D eigenvalue weighted by Gasteiger charge is -1.76. The predicted octanol–water partition coefficient (Wildman–Crippen LogP) is 0.0868. The van der Waals surface area contributed by atoms with Crippen molar-refractivity contribution in [2.24, 2.45) is 0 Å². The molecule has 0 radical (unpaired) electrons. The highest BCUT2D eigenvalue weighted by atomic mass is 32.3. The van der Waals surface area contributed by atoms with E-state index >= 15 is 0 Å². The molecule has 2 saturated heterocycles. The van der Waals surface area contributed by atoms with Crippen molar-refractivity contribution in [1.82, 2.24) is 10.6 Å². The van der Waals surface area contributed by atoms with Gasteiger partial charge in [0.05, 0.1) is 0 Å². The molecular formula is C8H20N2O4S. The molecule has 0 bridgehead atoms. The Bertz CT molecular complexity index is 190. The van der Waals surface area contributed by atoms with Crippen LogP contribution in [-0.4, -0.2) is 43.7 Å². The van der Waals surface area contributed by atoms with E-state index in [0.29, 0.717) is 0 Å². The largest absolute Gasteiger partial charge is 0.394 e. The van der Waals surface area contributed by atoms with E-state index in [1.165, 1.54) is 51.9 Å². The third kappa shape index (κ3) is 20.0. The zero-order chi connectivity index (χ0) is 11.6. The molecule has 7 heteroatoms. The third-order valence-corrected chi connectivity index (χ3v) is 1.91. The van der Waals surface area contributed by atoms with Crippen molar-refractivity contribution in [1.29, 1.82) is 0 Å². The van der Waals surface area contributed by atoms with E-state index in [-0.39, 0.29) is 0 Å². The van der Waals surface area contributed by atoms with E-state index in [1.807, 2.05) is 0 Å². The van der Waals surface area contributed by atoms with Crippen LogP contribution in [0.15, 0.2) is 0 Å². The molecule has 0 spiro atoms. The molecule has 2 fully saturated rings. The molecule has 0 amide bonds. The Morgan fingerprint density at radius 3 is 1.00 bits per heavy atom. The van der Waals surface area contributed by atoms with Gasteiger partial charge in [0.25, 0.3) is 0 Å². The minimum atomic E-state index is -4.67. The van der Waals surface area contributed by atoms with Crippen molar-refractivity contribution in [3.63, 3.8) is 0 Å². The normalized spacial score (nSPS) is 19.9. The summed E-state index contributed by atoms with van der Waals surface area (Å²) in [6.45, 7) is 5.00. The fourth-order valence-corrected chi connectivity index (χ4v) is 1.25. The number of rotatable bonds is 0. The van der Waals surface area contributed by atoms with Gasteiger partial charge in [0.15, 0.2) is 0 Å². The Balaban J connectivity index is 0.000000196. The molecule has 0 atom stereocenters. The molecule has 0 saturated carbocycles. The molecule has 2 aliphatic heterocycles. The monoisotopic (exact) mass is 240 g/mol. The maximum absolute atomic E-state index is 8.74. The first-order valence-electron chi connectivity index (χ1n) is 5.11. The second-order valence-corrected chi connectivity index (χ2v) is 4.26. The van der Waals surface area contributed by atoms with Crippen LogP contribution in [0.25, 0.3) is 0 Å². The zero-order valence-corrected chi connectivity index (χ0v) is 9.59. The summed E-state index contributed by atoms with van der Waals surface area (Å²) in [5, 5.41) is 6.44. The van der Waals surface area contributed by atoms with Crippen molar-refractivity contribution in [2.75, 3.05) is 26.2 Å². The molecule has 15 heavy (non-hydrogen) atoms. The Morgan fingerprint density at radius 2 is 0.933 bits per heavy atom. The maximum atomic E-state index is 8.74. The average Bonchev–Trinajstić information content (AvgIpc) is 2.81. The van der Waals surface area contributed by atoms with Crippen LogP contribution in [0.1, 0.15) is 25.7 Å². The van der Waals surface area contributed by atoms with Gasteiger partial charge in [-0.05, 0) is 51.9 Å². The molecule has 2 heterocycles. The summed E-state index contributed by atoms with van der Waals surface area (Å²) >= 11 is 0. The Labute approximate surface area is 91.0 Å². The van der Waals surface area contributed by atoms with Gasteiger partial charge in [-0.1, -0.05) is 0 Å². The molecule has 0 unspecified atom stereocenters. The van der Waals surface area contributed by atoms with Gasteiger partial charge in [0.1, 0.15) is 0 Å². The van der Waals surface area contributed by atoms with Crippen LogP contribution in [-0.2, 0) is 10.4 Å². The fourth-order valence-electron chi connectivity index (χ4n) is 1.25. The second-order valence-electron chi connectivity index (χ2n) is 3.36. The molecule has 0 aromatic rings. The van der Waals surface area contributed by atoms with E-state index in [2.05, 4.69) is 10.6 Å². The van der Waals surface area contributed by atoms with Crippen molar-refractivity contribution in [3.8, 4) is 0 Å². The summed E-state index contributed by atoms with van der Waals surface area (Å²) in [6.07, 6.45) is 5.56. The van der Waals surface area contributed by atoms with Gasteiger partial charge in [-0.15, -0.1) is 0 Å². The topological polar surface area (TPSA) is 98.7 Å². The lowest BCUT2D eigenvalue weighted by Crippen LogP contribution is -2.03. The van der Waals surface area contributed by atoms with Gasteiger partial charge in [-0.25, -0.2) is 0 Å². The number of nitrogens with one attached hydrogen (secondary N) is 2. The summed E-state index contributed by atoms with van der Waals surface area (Å²) in [4.78, 5) is 0. The second kappa shape index (κ2) is 9.05. The molecule has 92 valence electrons. The highest BCUT2D eigenvalue weighted by Gasteiger charge is 1.93. The summed E-state index contributed by atoms with van der Waals surface area (Å²) in [5.74, 6) is 0. The first kappa shape index (κ1) is 14.8. The average molecular weight is 240 g/mol. The highest BCUT2D eigenvalue weighted by Crippen LogP contribution is 1.90. The quantitative estimate of drug-likeness (QED) is 0.448. The molecule has 0 aliphatic carbocycles. The molecule has 0 aromatic heterocycles. The Morgan fingerprint density at radius 1 is 0.733 bits per heavy atom. The SMILES string of the molecule is C1CCNC1.C1CCNC1.O=S(=O)(O)O. The molecule has 0 aromatic carbocycles. The zero-order valence-electron chi connectivity index (χ0n) is 8.78. The van der Waals surface area contributed by atoms with Gasteiger partial charge in [-0.3, -0.25) is 9.11 Å². The summed E-state index contributed by atoms with van der Waals surface area (Å²) < 4.78 is 31.6. The van der Waals surface area contributed by atoms with Crippen LogP contribution in [0, 0.1) is 0 Å². The van der Waals surface area contributed by atoms with E-state index in [0.717, 1.165) is 0 Å². The number of hydrogen-bond acceptors (Lipinski definition) is 4. The molecular weight excluding hydrogens is 220 g/mol. The van der Waals surface area contributed by atoms with Crippen LogP contribution < -0.4 is 10.6 Å². The lowest BCUT2D eigenvalue weighted by atomic mass is 10.4. The standard InChI is InChI=1S/2C4H9N.H2O4S/c2*1-2-4-5-3-1;1-5(2,3)4/h2*5H,1-4H2;(H2,1,2,3,4). The van der Waals surface area contributed by atoms with E-state index in [4.69, 9.17) is 17.5 Å². The van der Waals surface area contributed by atoms with Gasteiger partial charge >= 0.3 is 10.4 Å². The summed E-state index contributed by atoms with van der Waals surface area (Å²) in [7, 11) is -4.67. The Kier molecular flexibility index (Phi) is 8.92. The number of hydrogen-bond donors (Lipinski definition) is 4. The van der Waals surface area contributed by atoms with Gasteiger partial charge in [0.2, 0.25) is 0 Å². The first-order chi connectivity index (χ1) is 7.00. The minimum absolute atomic E-state index is 1.25. The van der Waals surface area contributed by atoms with E-state index in [9.17, 15) is 0 Å². The maximum Gasteiger partial charge on any atom is 0.394 e. The van der Waals surface area contributed by atoms with Crippen LogP contribution in [0.3, 0.4) is 0 Å². The van der Waals surface area contributed by atoms with Crippen LogP contribution >= 0.6 is 0 Å². The predicted molar refractivity (Wildman–Crippen MR) is 58.4 cm³/mol. The minimum Gasteiger partial charge on any atom is -0.317 e. The molecule has 2 aliphatic rings. The molecule has 2 rings (SSSR count). The third-order valence-electron chi connectivity index (χ3n) is 1.91. The van der Waals surface area contributed by atoms with Gasteiger partial charge < -0.3 is 10.6 Å². The van der Waals surface area contributed by atoms with Crippen molar-refractivity contribution in [3.05, 3.63) is 0 Å². The molecule has 4 N–H and O–H groups in total. The van der Waals surface area contributed by atoms with Crippen molar-refractivity contribution in [2.45, 2.75) is 25.7 Å². The van der Waals surface area contributed by atoms with Gasteiger partial charge in [-0.2, -0.15) is 8.42 Å². The van der Waals surface area contributed by atoms with Crippen LogP contribution in [0.5, 0.6) is 0 Å². The van der Waals surface area contributed by atoms with Gasteiger partial charge in [0, 0.05) is 0 Å². The van der Waals surface area contributed by atoms with Crippen LogP contribution in [0.2, 0.25) is 0 Å². The van der Waals surface area contributed by atoms with E-state index < -0.39 is 10.4 Å². The van der Waals surface area contributed by atoms with Crippen molar-refractivity contribution < 1.29 is 17.5 Å². The Hall–Kier alpha value is -0.210. The highest BCUT2D eigenvalue weighted by molar-refractivity contribution is 7.79.